The van der Waals surface area contributed by atoms with Crippen LogP contribution in [0.4, 0.5) is 9.18 Å². The van der Waals surface area contributed by atoms with E-state index in [1.165, 1.54) is 12.1 Å². The van der Waals surface area contributed by atoms with Crippen LogP contribution in [0.15, 0.2) is 24.3 Å². The third-order valence-electron chi connectivity index (χ3n) is 4.98. The molecule has 7 heteroatoms. The Balaban J connectivity index is 1.51. The Kier molecular flexibility index (Phi) is 5.53. The number of halogens is 1. The number of likely N-dealkylation sites (tertiary alicyclic amines) is 1. The first-order valence-corrected chi connectivity index (χ1v) is 8.68. The van der Waals surface area contributed by atoms with Gasteiger partial charge in [-0.15, -0.1) is 0 Å². The number of hydrogen-bond donors (Lipinski definition) is 2. The van der Waals surface area contributed by atoms with Gasteiger partial charge in [-0.1, -0.05) is 12.1 Å². The van der Waals surface area contributed by atoms with E-state index in [1.807, 2.05) is 0 Å². The maximum Gasteiger partial charge on any atom is 0.317 e. The third kappa shape index (κ3) is 4.48. The molecule has 2 N–H and O–H groups in total. The summed E-state index contributed by atoms with van der Waals surface area (Å²) in [6.45, 7) is 1.47. The van der Waals surface area contributed by atoms with E-state index < -0.39 is 5.97 Å². The Morgan fingerprint density at radius 2 is 1.84 bits per heavy atom. The van der Waals surface area contributed by atoms with Crippen molar-refractivity contribution in [3.05, 3.63) is 35.6 Å². The molecule has 2 aliphatic heterocycles. The maximum absolute atomic E-state index is 13.0. The lowest BCUT2D eigenvalue weighted by Gasteiger charge is -2.34. The first kappa shape index (κ1) is 17.7. The van der Waals surface area contributed by atoms with Crippen LogP contribution >= 0.6 is 0 Å². The summed E-state index contributed by atoms with van der Waals surface area (Å²) in [5.41, 5.74) is 0.905. The highest BCUT2D eigenvalue weighted by atomic mass is 19.1. The molecule has 136 valence electrons. The molecule has 2 atom stereocenters. The molecule has 2 unspecified atom stereocenters. The second-order valence-corrected chi connectivity index (χ2v) is 6.68. The Bertz CT molecular complexity index is 614. The number of nitrogens with one attached hydrogen (secondary N) is 1. The molecule has 1 aromatic rings. The number of piperidine rings is 1. The van der Waals surface area contributed by atoms with Crippen molar-refractivity contribution in [2.24, 2.45) is 5.92 Å². The van der Waals surface area contributed by atoms with Crippen molar-refractivity contribution in [2.45, 2.75) is 37.8 Å². The third-order valence-corrected chi connectivity index (χ3v) is 4.98. The largest absolute Gasteiger partial charge is 0.481 e. The number of carbonyl (C=O) groups excluding carboxylic acids is 1. The number of ether oxygens (including phenoxy) is 1. The lowest BCUT2D eigenvalue weighted by molar-refractivity contribution is -0.143. The second-order valence-electron chi connectivity index (χ2n) is 6.68. The van der Waals surface area contributed by atoms with E-state index in [4.69, 9.17) is 9.84 Å². The molecule has 0 saturated carbocycles. The summed E-state index contributed by atoms with van der Waals surface area (Å²) in [4.78, 5) is 25.1. The van der Waals surface area contributed by atoms with Gasteiger partial charge in [0.2, 0.25) is 0 Å². The van der Waals surface area contributed by atoms with Gasteiger partial charge in [-0.05, 0) is 43.4 Å². The number of benzene rings is 1. The number of carbonyl (C=O) groups is 2. The Labute approximate surface area is 146 Å². The van der Waals surface area contributed by atoms with Crippen LogP contribution in [0.5, 0.6) is 0 Å². The molecular formula is C18H23FN2O4. The van der Waals surface area contributed by atoms with Gasteiger partial charge in [-0.3, -0.25) is 4.79 Å². The topological polar surface area (TPSA) is 78.9 Å². The molecule has 6 nitrogen and oxygen atoms in total. The molecule has 2 heterocycles. The molecule has 2 fully saturated rings. The van der Waals surface area contributed by atoms with E-state index in [2.05, 4.69) is 5.32 Å². The number of amides is 2. The summed E-state index contributed by atoms with van der Waals surface area (Å²) in [6, 6.07) is 6.09. The lowest BCUT2D eigenvalue weighted by Crippen LogP contribution is -2.49. The van der Waals surface area contributed by atoms with Crippen LogP contribution in [0, 0.1) is 11.7 Å². The number of nitrogens with zero attached hydrogens (tertiary/aromatic N) is 1. The minimum Gasteiger partial charge on any atom is -0.481 e. The molecule has 25 heavy (non-hydrogen) atoms. The predicted octanol–water partition coefficient (Wildman–Crippen LogP) is 2.55. The van der Waals surface area contributed by atoms with Crippen molar-refractivity contribution in [1.82, 2.24) is 10.2 Å². The smallest absolute Gasteiger partial charge is 0.317 e. The molecule has 0 radical (unpaired) electrons. The highest BCUT2D eigenvalue weighted by Gasteiger charge is 2.30. The van der Waals surface area contributed by atoms with Crippen molar-refractivity contribution in [3.8, 4) is 0 Å². The van der Waals surface area contributed by atoms with Crippen molar-refractivity contribution >= 4 is 12.0 Å². The molecule has 2 aliphatic rings. The number of aliphatic carboxylic acids is 1. The Morgan fingerprint density at radius 3 is 2.48 bits per heavy atom. The monoisotopic (exact) mass is 350 g/mol. The molecule has 0 aromatic heterocycles. The van der Waals surface area contributed by atoms with Gasteiger partial charge in [0.05, 0.1) is 12.0 Å². The number of rotatable bonds is 3. The van der Waals surface area contributed by atoms with Crippen molar-refractivity contribution in [2.75, 3.05) is 19.7 Å². The van der Waals surface area contributed by atoms with Crippen molar-refractivity contribution in [1.29, 1.82) is 0 Å². The van der Waals surface area contributed by atoms with Gasteiger partial charge in [-0.2, -0.15) is 0 Å². The van der Waals surface area contributed by atoms with Crippen molar-refractivity contribution < 1.29 is 23.8 Å². The molecular weight excluding hydrogens is 327 g/mol. The fourth-order valence-electron chi connectivity index (χ4n) is 3.43. The van der Waals surface area contributed by atoms with E-state index in [-0.39, 0.29) is 29.9 Å². The summed E-state index contributed by atoms with van der Waals surface area (Å²) in [5.74, 6) is -1.42. The summed E-state index contributed by atoms with van der Waals surface area (Å²) in [5, 5.41) is 12.1. The first-order chi connectivity index (χ1) is 12.0. The SMILES string of the molecule is O=C(O)C1CCN(C(=O)NC2CCOC(c3ccc(F)cc3)C2)CC1. The highest BCUT2D eigenvalue weighted by molar-refractivity contribution is 5.75. The Hall–Kier alpha value is -2.15. The molecule has 0 spiro atoms. The lowest BCUT2D eigenvalue weighted by atomic mass is 9.96. The second kappa shape index (κ2) is 7.82. The van der Waals surface area contributed by atoms with Crippen LogP contribution in [-0.2, 0) is 9.53 Å². The van der Waals surface area contributed by atoms with Crippen LogP contribution in [0.3, 0.4) is 0 Å². The van der Waals surface area contributed by atoms with Crippen LogP contribution in [-0.4, -0.2) is 47.7 Å². The number of urea groups is 1. The van der Waals surface area contributed by atoms with E-state index in [9.17, 15) is 14.0 Å². The Morgan fingerprint density at radius 1 is 1.16 bits per heavy atom. The van der Waals surface area contributed by atoms with E-state index >= 15 is 0 Å². The first-order valence-electron chi connectivity index (χ1n) is 8.68. The molecule has 3 rings (SSSR count). The van der Waals surface area contributed by atoms with Gasteiger partial charge >= 0.3 is 12.0 Å². The van der Waals surface area contributed by atoms with Gasteiger partial charge in [0, 0.05) is 25.7 Å². The quantitative estimate of drug-likeness (QED) is 0.878. The average molecular weight is 350 g/mol. The zero-order valence-electron chi connectivity index (χ0n) is 14.0. The fraction of sp³-hybridized carbons (Fsp3) is 0.556. The zero-order valence-corrected chi connectivity index (χ0v) is 14.0. The fourth-order valence-corrected chi connectivity index (χ4v) is 3.43. The van der Waals surface area contributed by atoms with Crippen molar-refractivity contribution in [3.63, 3.8) is 0 Å². The van der Waals surface area contributed by atoms with Crippen LogP contribution < -0.4 is 5.32 Å². The minimum atomic E-state index is -0.786. The summed E-state index contributed by atoms with van der Waals surface area (Å²) in [7, 11) is 0. The molecule has 0 bridgehead atoms. The van der Waals surface area contributed by atoms with Crippen LogP contribution in [0.1, 0.15) is 37.4 Å². The van der Waals surface area contributed by atoms with E-state index in [0.717, 1.165) is 12.0 Å². The maximum atomic E-state index is 13.0. The molecule has 2 saturated heterocycles. The summed E-state index contributed by atoms with van der Waals surface area (Å²) >= 11 is 0. The minimum absolute atomic E-state index is 0.00602. The van der Waals surface area contributed by atoms with Gasteiger partial charge in [0.1, 0.15) is 5.82 Å². The van der Waals surface area contributed by atoms with Gasteiger partial charge in [0.25, 0.3) is 0 Å². The van der Waals surface area contributed by atoms with Crippen LogP contribution in [0.2, 0.25) is 0 Å². The average Bonchev–Trinajstić information content (AvgIpc) is 2.62. The van der Waals surface area contributed by atoms with Crippen LogP contribution in [0.25, 0.3) is 0 Å². The molecule has 2 amide bonds. The molecule has 1 aromatic carbocycles. The van der Waals surface area contributed by atoms with Gasteiger partial charge in [-0.25, -0.2) is 9.18 Å². The van der Waals surface area contributed by atoms with E-state index in [0.29, 0.717) is 39.0 Å². The number of carboxylic acids is 1. The molecule has 0 aliphatic carbocycles. The zero-order chi connectivity index (χ0) is 17.8. The number of carboxylic acid groups (broad SMARTS) is 1. The van der Waals surface area contributed by atoms with Gasteiger partial charge in [0.15, 0.2) is 0 Å². The normalized spacial score (nSPS) is 24.8. The summed E-state index contributed by atoms with van der Waals surface area (Å²) < 4.78 is 18.8. The van der Waals surface area contributed by atoms with Gasteiger partial charge < -0.3 is 20.1 Å². The highest BCUT2D eigenvalue weighted by Crippen LogP contribution is 2.28. The predicted molar refractivity (Wildman–Crippen MR) is 88.6 cm³/mol. The summed E-state index contributed by atoms with van der Waals surface area (Å²) in [6.07, 6.45) is 2.21. The number of hydrogen-bond acceptors (Lipinski definition) is 3. The van der Waals surface area contributed by atoms with E-state index in [1.54, 1.807) is 17.0 Å². The standard InChI is InChI=1S/C18H23FN2O4/c19-14-3-1-12(2-4-14)16-11-15(7-10-25-16)20-18(24)21-8-5-13(6-9-21)17(22)23/h1-4,13,15-16H,5-11H2,(H,20,24)(H,22,23).